The zero-order valence-corrected chi connectivity index (χ0v) is 24.6. The van der Waals surface area contributed by atoms with Gasteiger partial charge in [-0.1, -0.05) is 57.2 Å². The maximum absolute atomic E-state index is 11.9. The number of rotatable bonds is 2. The van der Waals surface area contributed by atoms with Gasteiger partial charge < -0.3 is 14.6 Å². The van der Waals surface area contributed by atoms with Gasteiger partial charge in [0.2, 0.25) is 0 Å². The van der Waals surface area contributed by atoms with E-state index >= 15 is 0 Å². The predicted molar refractivity (Wildman–Crippen MR) is 157 cm³/mol. The Hall–Kier alpha value is -2.63. The summed E-state index contributed by atoms with van der Waals surface area (Å²) in [5, 5.41) is 20.6. The molecule has 4 aliphatic carbocycles. The molecule has 2 saturated carbocycles. The third kappa shape index (κ3) is 4.50. The van der Waals surface area contributed by atoms with Crippen molar-refractivity contribution in [2.24, 2.45) is 22.7 Å². The highest BCUT2D eigenvalue weighted by atomic mass is 16.7. The molecule has 6 rings (SSSR count). The van der Waals surface area contributed by atoms with Crippen LogP contribution >= 0.6 is 0 Å². The summed E-state index contributed by atoms with van der Waals surface area (Å²) < 4.78 is 12.8. The molecule has 5 aliphatic rings. The van der Waals surface area contributed by atoms with Crippen LogP contribution in [0.4, 0.5) is 0 Å². The van der Waals surface area contributed by atoms with Crippen molar-refractivity contribution < 1.29 is 14.6 Å². The lowest BCUT2D eigenvalue weighted by Crippen LogP contribution is -2.52. The van der Waals surface area contributed by atoms with Gasteiger partial charge in [0.05, 0.1) is 24.9 Å². The van der Waals surface area contributed by atoms with Gasteiger partial charge in [-0.25, -0.2) is 0 Å². The fraction of sp³-hybridized carbons (Fsp3) is 0.583. The Balaban J connectivity index is 1.41. The Kier molecular flexibility index (Phi) is 6.90. The molecule has 210 valence electrons. The second kappa shape index (κ2) is 10.0. The van der Waals surface area contributed by atoms with Gasteiger partial charge in [-0.05, 0) is 97.8 Å². The average Bonchev–Trinajstić information content (AvgIpc) is 3.23. The molecule has 1 aromatic rings. The van der Waals surface area contributed by atoms with Crippen molar-refractivity contribution in [3.63, 3.8) is 0 Å². The van der Waals surface area contributed by atoms with E-state index in [1.807, 2.05) is 6.07 Å². The Morgan fingerprint density at radius 3 is 2.48 bits per heavy atom. The lowest BCUT2D eigenvalue weighted by molar-refractivity contribution is -0.275. The number of nitrogens with zero attached hydrogens (tertiary/aromatic N) is 1. The van der Waals surface area contributed by atoms with Crippen LogP contribution in [0.25, 0.3) is 0 Å². The first-order chi connectivity index (χ1) is 19.1. The molecular weight excluding hydrogens is 494 g/mol. The number of aliphatic hydroxyl groups is 1. The summed E-state index contributed by atoms with van der Waals surface area (Å²) in [5.41, 5.74) is 6.23. The molecule has 0 bridgehead atoms. The van der Waals surface area contributed by atoms with Crippen LogP contribution < -0.4 is 0 Å². The first kappa shape index (κ1) is 27.5. The summed E-state index contributed by atoms with van der Waals surface area (Å²) in [6.07, 6.45) is 13.2. The van der Waals surface area contributed by atoms with Gasteiger partial charge in [0.15, 0.2) is 5.79 Å². The fourth-order valence-corrected chi connectivity index (χ4v) is 8.71. The number of nitriles is 1. The third-order valence-electron chi connectivity index (χ3n) is 11.0. The van der Waals surface area contributed by atoms with Crippen molar-refractivity contribution >= 4 is 0 Å². The molecular formula is C36H43NO3. The fourth-order valence-electron chi connectivity index (χ4n) is 8.71. The third-order valence-corrected chi connectivity index (χ3v) is 11.0. The van der Waals surface area contributed by atoms with Crippen molar-refractivity contribution in [3.05, 3.63) is 70.3 Å². The maximum atomic E-state index is 11.9. The minimum absolute atomic E-state index is 0.0557. The van der Waals surface area contributed by atoms with Crippen molar-refractivity contribution in [2.75, 3.05) is 13.2 Å². The van der Waals surface area contributed by atoms with Crippen LogP contribution in [0.3, 0.4) is 0 Å². The molecule has 5 atom stereocenters. The molecule has 4 unspecified atom stereocenters. The number of ether oxygens (including phenoxy) is 2. The van der Waals surface area contributed by atoms with E-state index in [0.29, 0.717) is 11.8 Å². The number of allylic oxidation sites excluding steroid dienone is 5. The largest absolute Gasteiger partial charge is 0.389 e. The summed E-state index contributed by atoms with van der Waals surface area (Å²) >= 11 is 0. The average molecular weight is 538 g/mol. The van der Waals surface area contributed by atoms with E-state index in [1.165, 1.54) is 17.2 Å². The highest BCUT2D eigenvalue weighted by Gasteiger charge is 2.62. The molecule has 4 nitrogen and oxygen atoms in total. The van der Waals surface area contributed by atoms with Crippen LogP contribution in [0.15, 0.2) is 59.2 Å². The highest BCUT2D eigenvalue weighted by Crippen LogP contribution is 2.67. The first-order valence-corrected chi connectivity index (χ1v) is 15.2. The zero-order chi connectivity index (χ0) is 28.2. The van der Waals surface area contributed by atoms with Gasteiger partial charge in [-0.15, -0.1) is 0 Å². The topological polar surface area (TPSA) is 62.5 Å². The molecule has 1 heterocycles. The quantitative estimate of drug-likeness (QED) is 0.316. The number of fused-ring (bicyclic) bond motifs is 4. The van der Waals surface area contributed by atoms with Gasteiger partial charge >= 0.3 is 0 Å². The Morgan fingerprint density at radius 1 is 1.02 bits per heavy atom. The first-order valence-electron chi connectivity index (χ1n) is 15.2. The van der Waals surface area contributed by atoms with Crippen LogP contribution in [-0.2, 0) is 9.47 Å². The van der Waals surface area contributed by atoms with Gasteiger partial charge in [0.1, 0.15) is 0 Å². The van der Waals surface area contributed by atoms with Crippen LogP contribution in [-0.4, -0.2) is 29.7 Å². The van der Waals surface area contributed by atoms with Gasteiger partial charge in [-0.3, -0.25) is 0 Å². The van der Waals surface area contributed by atoms with Crippen molar-refractivity contribution in [2.45, 2.75) is 96.4 Å². The summed E-state index contributed by atoms with van der Waals surface area (Å²) in [4.78, 5) is 0. The second-order valence-corrected chi connectivity index (χ2v) is 13.9. The highest BCUT2D eigenvalue weighted by molar-refractivity contribution is 5.50. The molecule has 1 aromatic carbocycles. The van der Waals surface area contributed by atoms with E-state index in [-0.39, 0.29) is 16.7 Å². The van der Waals surface area contributed by atoms with Crippen LogP contribution in [0.5, 0.6) is 0 Å². The van der Waals surface area contributed by atoms with E-state index in [0.717, 1.165) is 70.1 Å². The van der Waals surface area contributed by atoms with E-state index < -0.39 is 11.4 Å². The number of hydrogen-bond acceptors (Lipinski definition) is 4. The minimum atomic E-state index is -0.603. The van der Waals surface area contributed by atoms with E-state index in [4.69, 9.17) is 14.7 Å². The molecule has 1 saturated heterocycles. The zero-order valence-electron chi connectivity index (χ0n) is 24.6. The summed E-state index contributed by atoms with van der Waals surface area (Å²) in [6.45, 7) is 10.4. The number of benzene rings is 1. The monoisotopic (exact) mass is 537 g/mol. The van der Waals surface area contributed by atoms with Gasteiger partial charge in [0, 0.05) is 34.8 Å². The summed E-state index contributed by atoms with van der Waals surface area (Å²) in [5.74, 6) is 6.82. The smallest absolute Gasteiger partial charge is 0.188 e. The second-order valence-electron chi connectivity index (χ2n) is 13.9. The van der Waals surface area contributed by atoms with Crippen LogP contribution in [0.2, 0.25) is 0 Å². The van der Waals surface area contributed by atoms with Crippen molar-refractivity contribution in [3.8, 4) is 17.9 Å². The normalized spacial score (nSPS) is 35.7. The molecule has 1 spiro atoms. The molecule has 3 fully saturated rings. The minimum Gasteiger partial charge on any atom is -0.389 e. The molecule has 0 aromatic heterocycles. The Labute approximate surface area is 240 Å². The van der Waals surface area contributed by atoms with Crippen LogP contribution in [0.1, 0.15) is 96.1 Å². The van der Waals surface area contributed by atoms with Crippen molar-refractivity contribution in [1.29, 1.82) is 5.26 Å². The lowest BCUT2D eigenvalue weighted by Gasteiger charge is -2.55. The molecule has 1 aliphatic heterocycles. The summed E-state index contributed by atoms with van der Waals surface area (Å²) in [7, 11) is 0. The standard InChI is InChI=1S/C36H43NO3/c1-5-35(38)18-17-31-29-15-14-27-21-36(39-23-33(2,3)24-40-36)19-16-28(27)32(29)30(22-34(31,35)4)26-12-10-25(11-13-26)9-7-6-8-20-37/h6,8,10-13,21,29-31,38H,5,14-19,22-24H2,1-4H3/b8-6+/t29?,30-,31?,34?,35?/m1/s1. The van der Waals surface area contributed by atoms with E-state index in [9.17, 15) is 5.11 Å². The van der Waals surface area contributed by atoms with E-state index in [2.05, 4.69) is 69.9 Å². The number of hydrogen-bond donors (Lipinski definition) is 1. The molecule has 4 heteroatoms. The predicted octanol–water partition coefficient (Wildman–Crippen LogP) is 7.36. The lowest BCUT2D eigenvalue weighted by atomic mass is 9.51. The molecule has 0 amide bonds. The van der Waals surface area contributed by atoms with Crippen LogP contribution in [0, 0.1) is 45.8 Å². The SMILES string of the molecule is CCC1(O)CCC2C3CCC4=CC5(CCC4=C3[C@@H](c3ccc(C#C/C=C/C#N)cc3)CC21C)OCC(C)(C)CO5. The Morgan fingerprint density at radius 2 is 1.77 bits per heavy atom. The maximum Gasteiger partial charge on any atom is 0.188 e. The summed E-state index contributed by atoms with van der Waals surface area (Å²) in [6, 6.07) is 10.7. The van der Waals surface area contributed by atoms with Gasteiger partial charge in [-0.2, -0.15) is 5.26 Å². The van der Waals surface area contributed by atoms with E-state index in [1.54, 1.807) is 17.2 Å². The molecule has 0 radical (unpaired) electrons. The Bertz CT molecular complexity index is 1350. The molecule has 40 heavy (non-hydrogen) atoms. The van der Waals surface area contributed by atoms with Crippen molar-refractivity contribution in [1.82, 2.24) is 0 Å². The molecule has 1 N–H and O–H groups in total. The van der Waals surface area contributed by atoms with Gasteiger partial charge in [0.25, 0.3) is 0 Å².